The monoisotopic (exact) mass is 497 g/mol. The van der Waals surface area contributed by atoms with E-state index in [0.29, 0.717) is 44.2 Å². The predicted octanol–water partition coefficient (Wildman–Crippen LogP) is 2.72. The Balaban J connectivity index is 1.29. The molecule has 0 bridgehead atoms. The topological polar surface area (TPSA) is 97.3 Å². The lowest BCUT2D eigenvalue weighted by Gasteiger charge is -2.39. The number of nitrogens with one attached hydrogen (secondary N) is 1. The Kier molecular flexibility index (Phi) is 6.55. The molecule has 186 valence electrons. The normalized spacial score (nSPS) is 22.7. The summed E-state index contributed by atoms with van der Waals surface area (Å²) in [6.45, 7) is 2.99. The smallest absolute Gasteiger partial charge is 0.285 e. The van der Waals surface area contributed by atoms with Gasteiger partial charge in [0.15, 0.2) is 5.84 Å². The van der Waals surface area contributed by atoms with Crippen molar-refractivity contribution < 1.29 is 22.7 Å². The Hall–Kier alpha value is -2.91. The van der Waals surface area contributed by atoms with Crippen LogP contribution in [0.3, 0.4) is 0 Å². The molecule has 0 aliphatic carbocycles. The molecule has 0 saturated carbocycles. The van der Waals surface area contributed by atoms with E-state index in [4.69, 9.17) is 9.47 Å². The van der Waals surface area contributed by atoms with Crippen LogP contribution in [0, 0.1) is 5.92 Å². The first-order valence-corrected chi connectivity index (χ1v) is 13.6. The molecule has 0 aromatic heterocycles. The van der Waals surface area contributed by atoms with Crippen LogP contribution in [-0.2, 0) is 25.0 Å². The molecule has 0 radical (unpaired) electrons. The third-order valence-electron chi connectivity index (χ3n) is 7.46. The van der Waals surface area contributed by atoms with E-state index in [1.54, 1.807) is 25.3 Å². The standard InChI is InChI=1S/C26H31N3O5S/c1-33-21-10-8-20(9-11-21)26(12-15-34-16-13-26)18-27-25(30)19-5-4-14-29(17-19)24-22-6-2-3-7-23(22)35(31,32)28-24/h2-3,6-11,19H,4-5,12-18H2,1H3,(H,27,30). The van der Waals surface area contributed by atoms with Crippen LogP contribution in [0.5, 0.6) is 5.75 Å². The molecular weight excluding hydrogens is 466 g/mol. The number of piperidine rings is 1. The Morgan fingerprint density at radius 2 is 1.91 bits per heavy atom. The third-order valence-corrected chi connectivity index (χ3v) is 8.78. The highest BCUT2D eigenvalue weighted by Gasteiger charge is 2.38. The van der Waals surface area contributed by atoms with Crippen LogP contribution in [0.4, 0.5) is 0 Å². The quantitative estimate of drug-likeness (QED) is 0.682. The van der Waals surface area contributed by atoms with Crippen LogP contribution >= 0.6 is 0 Å². The maximum Gasteiger partial charge on any atom is 0.285 e. The SMILES string of the molecule is COc1ccc(C2(CNC(=O)C3CCCN(C4=NS(=O)(=O)c5ccccc54)C3)CCOCC2)cc1. The van der Waals surface area contributed by atoms with Gasteiger partial charge in [0.25, 0.3) is 10.0 Å². The molecule has 1 unspecified atom stereocenters. The van der Waals surface area contributed by atoms with E-state index < -0.39 is 10.0 Å². The summed E-state index contributed by atoms with van der Waals surface area (Å²) in [4.78, 5) is 15.5. The zero-order valence-corrected chi connectivity index (χ0v) is 20.7. The maximum absolute atomic E-state index is 13.3. The molecule has 2 aromatic rings. The second kappa shape index (κ2) is 9.62. The maximum atomic E-state index is 13.3. The van der Waals surface area contributed by atoms with Gasteiger partial charge < -0.3 is 19.7 Å². The number of methoxy groups -OCH3 is 1. The highest BCUT2D eigenvalue weighted by Crippen LogP contribution is 2.35. The van der Waals surface area contributed by atoms with Crippen molar-refractivity contribution in [3.8, 4) is 5.75 Å². The summed E-state index contributed by atoms with van der Waals surface area (Å²) < 4.78 is 40.0. The molecule has 9 heteroatoms. The van der Waals surface area contributed by atoms with Gasteiger partial charge in [-0.15, -0.1) is 4.40 Å². The predicted molar refractivity (Wildman–Crippen MR) is 132 cm³/mol. The minimum absolute atomic E-state index is 0.00353. The zero-order valence-electron chi connectivity index (χ0n) is 19.9. The van der Waals surface area contributed by atoms with E-state index in [9.17, 15) is 13.2 Å². The van der Waals surface area contributed by atoms with Gasteiger partial charge >= 0.3 is 0 Å². The van der Waals surface area contributed by atoms with Crippen molar-refractivity contribution in [3.63, 3.8) is 0 Å². The van der Waals surface area contributed by atoms with Crippen molar-refractivity contribution in [2.45, 2.75) is 36.0 Å². The van der Waals surface area contributed by atoms with E-state index >= 15 is 0 Å². The van der Waals surface area contributed by atoms with Crippen molar-refractivity contribution in [3.05, 3.63) is 59.7 Å². The number of ether oxygens (including phenoxy) is 2. The number of hydrogen-bond donors (Lipinski definition) is 1. The number of hydrogen-bond acceptors (Lipinski definition) is 6. The van der Waals surface area contributed by atoms with E-state index in [2.05, 4.69) is 21.8 Å². The molecule has 1 N–H and O–H groups in total. The molecule has 3 aliphatic rings. The van der Waals surface area contributed by atoms with E-state index in [0.717, 1.165) is 31.4 Å². The first kappa shape index (κ1) is 23.8. The molecule has 5 rings (SSSR count). The number of nitrogens with zero attached hydrogens (tertiary/aromatic N) is 2. The molecule has 2 aromatic carbocycles. The Morgan fingerprint density at radius 3 is 2.66 bits per heavy atom. The van der Waals surface area contributed by atoms with Crippen LogP contribution in [-0.4, -0.2) is 65.0 Å². The van der Waals surface area contributed by atoms with Crippen molar-refractivity contribution in [2.75, 3.05) is 40.0 Å². The number of sulfonamides is 1. The van der Waals surface area contributed by atoms with Crippen LogP contribution in [0.25, 0.3) is 0 Å². The fourth-order valence-corrected chi connectivity index (χ4v) is 6.60. The lowest BCUT2D eigenvalue weighted by molar-refractivity contribution is -0.126. The van der Waals surface area contributed by atoms with Crippen LogP contribution in [0.1, 0.15) is 36.8 Å². The van der Waals surface area contributed by atoms with Crippen molar-refractivity contribution in [1.82, 2.24) is 10.2 Å². The molecule has 35 heavy (non-hydrogen) atoms. The van der Waals surface area contributed by atoms with Gasteiger partial charge in [-0.3, -0.25) is 4.79 Å². The highest BCUT2D eigenvalue weighted by atomic mass is 32.2. The molecule has 8 nitrogen and oxygen atoms in total. The van der Waals surface area contributed by atoms with Gasteiger partial charge in [0.2, 0.25) is 5.91 Å². The number of amidine groups is 1. The fraction of sp³-hybridized carbons (Fsp3) is 0.462. The average molecular weight is 498 g/mol. The second-order valence-electron chi connectivity index (χ2n) is 9.51. The number of rotatable bonds is 5. The number of carbonyl (C=O) groups excluding carboxylic acids is 1. The minimum Gasteiger partial charge on any atom is -0.497 e. The minimum atomic E-state index is -3.69. The number of amides is 1. The molecule has 3 aliphatic heterocycles. The lowest BCUT2D eigenvalue weighted by Crippen LogP contribution is -2.49. The Bertz CT molecular complexity index is 1220. The summed E-state index contributed by atoms with van der Waals surface area (Å²) in [5.74, 6) is 1.04. The molecule has 1 amide bonds. The average Bonchev–Trinajstić information content (AvgIpc) is 3.19. The first-order chi connectivity index (χ1) is 16.9. The Morgan fingerprint density at radius 1 is 1.17 bits per heavy atom. The van der Waals surface area contributed by atoms with Crippen LogP contribution in [0.15, 0.2) is 57.8 Å². The molecular formula is C26H31N3O5S. The third kappa shape index (κ3) is 4.67. The molecule has 2 fully saturated rings. The fourth-order valence-electron chi connectivity index (χ4n) is 5.37. The van der Waals surface area contributed by atoms with Gasteiger partial charge in [-0.05, 0) is 55.5 Å². The molecule has 2 saturated heterocycles. The summed E-state index contributed by atoms with van der Waals surface area (Å²) in [7, 11) is -2.03. The Labute approximate surface area is 206 Å². The summed E-state index contributed by atoms with van der Waals surface area (Å²) in [6, 6.07) is 15.0. The van der Waals surface area contributed by atoms with Crippen LogP contribution < -0.4 is 10.1 Å². The van der Waals surface area contributed by atoms with Gasteiger partial charge in [0.05, 0.1) is 13.0 Å². The second-order valence-corrected chi connectivity index (χ2v) is 11.1. The molecule has 3 heterocycles. The first-order valence-electron chi connectivity index (χ1n) is 12.1. The summed E-state index contributed by atoms with van der Waals surface area (Å²) in [5.41, 5.74) is 1.61. The zero-order chi connectivity index (χ0) is 24.5. The van der Waals surface area contributed by atoms with E-state index in [1.165, 1.54) is 5.56 Å². The van der Waals surface area contributed by atoms with Crippen molar-refractivity contribution >= 4 is 21.8 Å². The summed E-state index contributed by atoms with van der Waals surface area (Å²) in [5, 5.41) is 3.23. The van der Waals surface area contributed by atoms with E-state index in [1.807, 2.05) is 23.1 Å². The number of carbonyl (C=O) groups is 1. The highest BCUT2D eigenvalue weighted by molar-refractivity contribution is 7.90. The van der Waals surface area contributed by atoms with Crippen LogP contribution in [0.2, 0.25) is 0 Å². The van der Waals surface area contributed by atoms with Gasteiger partial charge in [-0.2, -0.15) is 8.42 Å². The van der Waals surface area contributed by atoms with Gasteiger partial charge in [0, 0.05) is 43.8 Å². The number of likely N-dealkylation sites (tertiary alicyclic amines) is 1. The van der Waals surface area contributed by atoms with Crippen molar-refractivity contribution in [1.29, 1.82) is 0 Å². The summed E-state index contributed by atoms with van der Waals surface area (Å²) in [6.07, 6.45) is 3.24. The van der Waals surface area contributed by atoms with Gasteiger partial charge in [-0.25, -0.2) is 0 Å². The van der Waals surface area contributed by atoms with Gasteiger partial charge in [-0.1, -0.05) is 24.3 Å². The van der Waals surface area contributed by atoms with Crippen molar-refractivity contribution in [2.24, 2.45) is 10.3 Å². The number of fused-ring (bicyclic) bond motifs is 1. The largest absolute Gasteiger partial charge is 0.497 e. The summed E-state index contributed by atoms with van der Waals surface area (Å²) >= 11 is 0. The molecule has 0 spiro atoms. The van der Waals surface area contributed by atoms with E-state index in [-0.39, 0.29) is 22.1 Å². The van der Waals surface area contributed by atoms with Gasteiger partial charge in [0.1, 0.15) is 10.6 Å². The number of benzene rings is 2. The lowest BCUT2D eigenvalue weighted by atomic mass is 9.74. The molecule has 1 atom stereocenters.